The maximum absolute atomic E-state index is 11.6. The smallest absolute Gasteiger partial charge is 0.149 e. The molecule has 0 N–H and O–H groups in total. The quantitative estimate of drug-likeness (QED) is 0.692. The van der Waals surface area contributed by atoms with E-state index >= 15 is 0 Å². The lowest BCUT2D eigenvalue weighted by atomic mass is 9.84. The van der Waals surface area contributed by atoms with Crippen LogP contribution in [0.1, 0.15) is 58.3 Å². The third-order valence-corrected chi connectivity index (χ3v) is 3.48. The second-order valence-corrected chi connectivity index (χ2v) is 4.60. The average Bonchev–Trinajstić information content (AvgIpc) is 2.29. The summed E-state index contributed by atoms with van der Waals surface area (Å²) in [6.45, 7) is 1.91. The Bertz CT molecular complexity index is 235. The van der Waals surface area contributed by atoms with Gasteiger partial charge in [-0.25, -0.2) is 0 Å². The van der Waals surface area contributed by atoms with Crippen molar-refractivity contribution < 1.29 is 4.79 Å². The zero-order valence-electron chi connectivity index (χ0n) is 9.67. The van der Waals surface area contributed by atoms with E-state index < -0.39 is 0 Å². The molecule has 0 radical (unpaired) electrons. The van der Waals surface area contributed by atoms with Crippen molar-refractivity contribution in [2.75, 3.05) is 0 Å². The number of nitriles is 1. The van der Waals surface area contributed by atoms with E-state index in [2.05, 4.69) is 6.07 Å². The van der Waals surface area contributed by atoms with Gasteiger partial charge in [0.05, 0.1) is 6.07 Å². The van der Waals surface area contributed by atoms with E-state index in [0.717, 1.165) is 12.3 Å². The van der Waals surface area contributed by atoms with Crippen molar-refractivity contribution in [1.82, 2.24) is 0 Å². The molecule has 0 aliphatic heterocycles. The fourth-order valence-corrected chi connectivity index (χ4v) is 2.39. The standard InChI is InChI=1S/C13H21NO/c1-2-12(10-14)13(15)9-8-11-6-4-3-5-7-11/h11-12H,2-9H2,1H3. The summed E-state index contributed by atoms with van der Waals surface area (Å²) < 4.78 is 0. The molecule has 0 spiro atoms. The predicted molar refractivity (Wildman–Crippen MR) is 60.2 cm³/mol. The maximum atomic E-state index is 11.6. The first-order valence-corrected chi connectivity index (χ1v) is 6.20. The van der Waals surface area contributed by atoms with E-state index in [1.54, 1.807) is 0 Å². The summed E-state index contributed by atoms with van der Waals surface area (Å²) in [4.78, 5) is 11.6. The Balaban J connectivity index is 2.23. The van der Waals surface area contributed by atoms with E-state index in [1.807, 2.05) is 6.92 Å². The molecule has 2 heteroatoms. The summed E-state index contributed by atoms with van der Waals surface area (Å²) in [5.74, 6) is 0.554. The molecule has 1 fully saturated rings. The molecule has 1 unspecified atom stereocenters. The highest BCUT2D eigenvalue weighted by Crippen LogP contribution is 2.27. The molecule has 0 bridgehead atoms. The lowest BCUT2D eigenvalue weighted by Gasteiger charge is -2.21. The molecule has 84 valence electrons. The van der Waals surface area contributed by atoms with Gasteiger partial charge in [0.15, 0.2) is 0 Å². The SMILES string of the molecule is CCC(C#N)C(=O)CCC1CCCCC1. The van der Waals surface area contributed by atoms with Crippen molar-refractivity contribution in [3.63, 3.8) is 0 Å². The lowest BCUT2D eigenvalue weighted by molar-refractivity contribution is -0.121. The monoisotopic (exact) mass is 207 g/mol. The topological polar surface area (TPSA) is 40.9 Å². The van der Waals surface area contributed by atoms with Crippen LogP contribution >= 0.6 is 0 Å². The van der Waals surface area contributed by atoms with Crippen molar-refractivity contribution >= 4 is 5.78 Å². The first-order chi connectivity index (χ1) is 7.27. The highest BCUT2D eigenvalue weighted by molar-refractivity contribution is 5.83. The number of carbonyl (C=O) groups excluding carboxylic acids is 1. The van der Waals surface area contributed by atoms with E-state index in [4.69, 9.17) is 5.26 Å². The third-order valence-electron chi connectivity index (χ3n) is 3.48. The summed E-state index contributed by atoms with van der Waals surface area (Å²) in [6, 6.07) is 2.09. The van der Waals surface area contributed by atoms with Crippen LogP contribution in [0.3, 0.4) is 0 Å². The Kier molecular flexibility index (Phi) is 5.39. The Morgan fingerprint density at radius 2 is 2.07 bits per heavy atom. The van der Waals surface area contributed by atoms with Crippen molar-refractivity contribution in [2.45, 2.75) is 58.3 Å². The van der Waals surface area contributed by atoms with Crippen LogP contribution in [0.4, 0.5) is 0 Å². The van der Waals surface area contributed by atoms with Crippen LogP contribution in [-0.4, -0.2) is 5.78 Å². The van der Waals surface area contributed by atoms with Gasteiger partial charge in [0, 0.05) is 6.42 Å². The van der Waals surface area contributed by atoms with E-state index in [9.17, 15) is 4.79 Å². The molecule has 0 heterocycles. The lowest BCUT2D eigenvalue weighted by Crippen LogP contribution is -2.14. The maximum Gasteiger partial charge on any atom is 0.149 e. The molecular formula is C13H21NO. The summed E-state index contributed by atoms with van der Waals surface area (Å²) in [5.41, 5.74) is 0. The van der Waals surface area contributed by atoms with Crippen LogP contribution in [0, 0.1) is 23.2 Å². The van der Waals surface area contributed by atoms with Crippen LogP contribution in [0.2, 0.25) is 0 Å². The molecule has 1 atom stereocenters. The van der Waals surface area contributed by atoms with Crippen LogP contribution < -0.4 is 0 Å². The minimum Gasteiger partial charge on any atom is -0.298 e. The zero-order chi connectivity index (χ0) is 11.1. The van der Waals surface area contributed by atoms with Gasteiger partial charge in [-0.05, 0) is 18.8 Å². The van der Waals surface area contributed by atoms with Crippen molar-refractivity contribution in [2.24, 2.45) is 11.8 Å². The summed E-state index contributed by atoms with van der Waals surface area (Å²) in [5, 5.41) is 8.76. The fourth-order valence-electron chi connectivity index (χ4n) is 2.39. The Morgan fingerprint density at radius 1 is 1.40 bits per heavy atom. The summed E-state index contributed by atoms with van der Waals surface area (Å²) in [7, 11) is 0. The Hall–Kier alpha value is -0.840. The van der Waals surface area contributed by atoms with Crippen LogP contribution in [0.5, 0.6) is 0 Å². The molecule has 0 aromatic carbocycles. The molecule has 0 amide bonds. The molecular weight excluding hydrogens is 186 g/mol. The van der Waals surface area contributed by atoms with Crippen molar-refractivity contribution in [3.05, 3.63) is 0 Å². The second kappa shape index (κ2) is 6.61. The highest BCUT2D eigenvalue weighted by atomic mass is 16.1. The summed E-state index contributed by atoms with van der Waals surface area (Å²) in [6.07, 6.45) is 8.89. The molecule has 1 saturated carbocycles. The molecule has 0 aromatic rings. The number of hydrogen-bond acceptors (Lipinski definition) is 2. The number of ketones is 1. The first-order valence-electron chi connectivity index (χ1n) is 6.20. The van der Waals surface area contributed by atoms with E-state index in [0.29, 0.717) is 12.8 Å². The largest absolute Gasteiger partial charge is 0.298 e. The number of Topliss-reactive ketones (excluding diaryl/α,β-unsaturated/α-hetero) is 1. The Labute approximate surface area is 92.7 Å². The van der Waals surface area contributed by atoms with Crippen LogP contribution in [0.15, 0.2) is 0 Å². The molecule has 2 nitrogen and oxygen atoms in total. The minimum absolute atomic E-state index is 0.158. The number of rotatable bonds is 5. The van der Waals surface area contributed by atoms with Gasteiger partial charge < -0.3 is 0 Å². The Morgan fingerprint density at radius 3 is 2.60 bits per heavy atom. The average molecular weight is 207 g/mol. The highest BCUT2D eigenvalue weighted by Gasteiger charge is 2.19. The molecule has 1 rings (SSSR count). The zero-order valence-corrected chi connectivity index (χ0v) is 9.67. The fraction of sp³-hybridized carbons (Fsp3) is 0.846. The normalized spacial score (nSPS) is 19.5. The minimum atomic E-state index is -0.353. The van der Waals surface area contributed by atoms with Gasteiger partial charge >= 0.3 is 0 Å². The number of hydrogen-bond donors (Lipinski definition) is 0. The third kappa shape index (κ3) is 4.03. The molecule has 15 heavy (non-hydrogen) atoms. The molecule has 1 aliphatic rings. The number of carbonyl (C=O) groups is 1. The van der Waals surface area contributed by atoms with Crippen LogP contribution in [0.25, 0.3) is 0 Å². The first kappa shape index (κ1) is 12.2. The van der Waals surface area contributed by atoms with Crippen molar-refractivity contribution in [3.8, 4) is 6.07 Å². The van der Waals surface area contributed by atoms with Crippen LogP contribution in [-0.2, 0) is 4.79 Å². The van der Waals surface area contributed by atoms with Gasteiger partial charge in [0.25, 0.3) is 0 Å². The van der Waals surface area contributed by atoms with Gasteiger partial charge in [-0.3, -0.25) is 4.79 Å². The van der Waals surface area contributed by atoms with Gasteiger partial charge in [-0.1, -0.05) is 39.0 Å². The molecule has 0 aromatic heterocycles. The second-order valence-electron chi connectivity index (χ2n) is 4.60. The van der Waals surface area contributed by atoms with Gasteiger partial charge in [0.2, 0.25) is 0 Å². The number of nitrogens with zero attached hydrogens (tertiary/aromatic N) is 1. The van der Waals surface area contributed by atoms with Gasteiger partial charge in [0.1, 0.15) is 11.7 Å². The van der Waals surface area contributed by atoms with E-state index in [1.165, 1.54) is 32.1 Å². The summed E-state index contributed by atoms with van der Waals surface area (Å²) >= 11 is 0. The van der Waals surface area contributed by atoms with Gasteiger partial charge in [-0.15, -0.1) is 0 Å². The molecule has 0 saturated heterocycles. The van der Waals surface area contributed by atoms with Crippen molar-refractivity contribution in [1.29, 1.82) is 5.26 Å². The predicted octanol–water partition coefficient (Wildman–Crippen LogP) is 3.47. The molecule has 1 aliphatic carbocycles. The van der Waals surface area contributed by atoms with Gasteiger partial charge in [-0.2, -0.15) is 5.26 Å². The van der Waals surface area contributed by atoms with E-state index in [-0.39, 0.29) is 11.7 Å².